The molecular formula is C10H15BrClN3. The van der Waals surface area contributed by atoms with Crippen molar-refractivity contribution in [3.63, 3.8) is 0 Å². The summed E-state index contributed by atoms with van der Waals surface area (Å²) in [4.78, 5) is 8.09. The Morgan fingerprint density at radius 1 is 1.53 bits per heavy atom. The molecule has 1 N–H and O–H groups in total. The first-order valence-electron chi connectivity index (χ1n) is 4.93. The number of hydrogen-bond acceptors (Lipinski definition) is 3. The quantitative estimate of drug-likeness (QED) is 0.846. The first-order chi connectivity index (χ1) is 7.15. The Morgan fingerprint density at radius 2 is 2.27 bits per heavy atom. The number of hydrogen-bond donors (Lipinski definition) is 1. The lowest BCUT2D eigenvalue weighted by Crippen LogP contribution is -2.26. The molecule has 0 aliphatic heterocycles. The zero-order chi connectivity index (χ0) is 11.3. The van der Waals surface area contributed by atoms with E-state index >= 15 is 0 Å². The molecule has 3 nitrogen and oxygen atoms in total. The van der Waals surface area contributed by atoms with Gasteiger partial charge in [0.1, 0.15) is 12.1 Å². The molecule has 0 saturated heterocycles. The Kier molecular flexibility index (Phi) is 5.32. The van der Waals surface area contributed by atoms with E-state index in [2.05, 4.69) is 45.1 Å². The van der Waals surface area contributed by atoms with Gasteiger partial charge >= 0.3 is 0 Å². The summed E-state index contributed by atoms with van der Waals surface area (Å²) in [6, 6.07) is 0.341. The highest BCUT2D eigenvalue weighted by atomic mass is 79.9. The van der Waals surface area contributed by atoms with Crippen molar-refractivity contribution in [1.29, 1.82) is 0 Å². The van der Waals surface area contributed by atoms with Gasteiger partial charge in [-0.15, -0.1) is 11.6 Å². The first kappa shape index (κ1) is 12.7. The molecule has 1 aromatic rings. The summed E-state index contributed by atoms with van der Waals surface area (Å²) in [7, 11) is 0. The van der Waals surface area contributed by atoms with E-state index in [1.165, 1.54) is 6.33 Å². The molecule has 1 unspecified atom stereocenters. The van der Waals surface area contributed by atoms with Crippen molar-refractivity contribution in [3.8, 4) is 0 Å². The molecule has 0 aliphatic carbocycles. The van der Waals surface area contributed by atoms with Crippen molar-refractivity contribution < 1.29 is 0 Å². The number of nitrogens with one attached hydrogen (secondary N) is 1. The molecular weight excluding hydrogens is 277 g/mol. The van der Waals surface area contributed by atoms with Gasteiger partial charge in [-0.2, -0.15) is 0 Å². The molecule has 84 valence electrons. The molecule has 1 rings (SSSR count). The molecule has 0 fully saturated rings. The summed E-state index contributed by atoms with van der Waals surface area (Å²) < 4.78 is 0.880. The topological polar surface area (TPSA) is 37.8 Å². The number of aromatic nitrogens is 2. The molecule has 1 aromatic heterocycles. The van der Waals surface area contributed by atoms with Crippen LogP contribution in [-0.2, 0) is 0 Å². The lowest BCUT2D eigenvalue weighted by Gasteiger charge is -2.22. The number of rotatable bonds is 5. The smallest absolute Gasteiger partial charge is 0.143 e. The number of alkyl halides is 1. The third-order valence-corrected chi connectivity index (χ3v) is 3.01. The second kappa shape index (κ2) is 6.28. The molecule has 1 heterocycles. The molecule has 15 heavy (non-hydrogen) atoms. The molecule has 0 aliphatic rings. The predicted octanol–water partition coefficient (Wildman–Crippen LogP) is 3.30. The van der Waals surface area contributed by atoms with Crippen LogP contribution in [0, 0.1) is 5.92 Å². The minimum absolute atomic E-state index is 0.341. The largest absolute Gasteiger partial charge is 0.366 e. The van der Waals surface area contributed by atoms with Gasteiger partial charge in [-0.1, -0.05) is 13.8 Å². The maximum Gasteiger partial charge on any atom is 0.143 e. The van der Waals surface area contributed by atoms with E-state index in [0.717, 1.165) is 16.7 Å². The maximum absolute atomic E-state index is 5.76. The first-order valence-corrected chi connectivity index (χ1v) is 6.26. The maximum atomic E-state index is 5.76. The summed E-state index contributed by atoms with van der Waals surface area (Å²) in [6.45, 7) is 4.33. The molecule has 0 aromatic carbocycles. The van der Waals surface area contributed by atoms with E-state index in [9.17, 15) is 0 Å². The van der Waals surface area contributed by atoms with Crippen LogP contribution in [0.5, 0.6) is 0 Å². The van der Waals surface area contributed by atoms with Gasteiger partial charge < -0.3 is 5.32 Å². The fourth-order valence-corrected chi connectivity index (χ4v) is 1.85. The molecule has 1 atom stereocenters. The van der Waals surface area contributed by atoms with Gasteiger partial charge in [-0.25, -0.2) is 9.97 Å². The predicted molar refractivity (Wildman–Crippen MR) is 67.3 cm³/mol. The Morgan fingerprint density at radius 3 is 2.80 bits per heavy atom. The van der Waals surface area contributed by atoms with Crippen molar-refractivity contribution >= 4 is 33.3 Å². The van der Waals surface area contributed by atoms with Crippen molar-refractivity contribution in [2.24, 2.45) is 5.92 Å². The summed E-state index contributed by atoms with van der Waals surface area (Å²) in [5, 5.41) is 3.37. The molecule has 0 amide bonds. The summed E-state index contributed by atoms with van der Waals surface area (Å²) in [5.74, 6) is 2.00. The number of halogens is 2. The van der Waals surface area contributed by atoms with Crippen LogP contribution in [0.2, 0.25) is 0 Å². The Hall–Kier alpha value is -0.350. The van der Waals surface area contributed by atoms with Crippen molar-refractivity contribution in [2.75, 3.05) is 11.2 Å². The van der Waals surface area contributed by atoms with E-state index in [1.54, 1.807) is 6.20 Å². The lowest BCUT2D eigenvalue weighted by molar-refractivity contribution is 0.511. The fourth-order valence-electron chi connectivity index (χ4n) is 1.28. The highest BCUT2D eigenvalue weighted by molar-refractivity contribution is 9.10. The molecule has 0 radical (unpaired) electrons. The normalized spacial score (nSPS) is 12.9. The van der Waals surface area contributed by atoms with E-state index in [0.29, 0.717) is 17.8 Å². The minimum atomic E-state index is 0.341. The third-order valence-electron chi connectivity index (χ3n) is 2.21. The van der Waals surface area contributed by atoms with Gasteiger partial charge in [0.05, 0.1) is 4.47 Å². The second-order valence-electron chi connectivity index (χ2n) is 3.69. The summed E-state index contributed by atoms with van der Waals surface area (Å²) in [6.07, 6.45) is 4.19. The number of anilines is 1. The van der Waals surface area contributed by atoms with Crippen LogP contribution in [0.15, 0.2) is 17.0 Å². The van der Waals surface area contributed by atoms with Gasteiger partial charge in [0.15, 0.2) is 0 Å². The van der Waals surface area contributed by atoms with Crippen molar-refractivity contribution in [1.82, 2.24) is 9.97 Å². The highest BCUT2D eigenvalue weighted by Crippen LogP contribution is 2.21. The highest BCUT2D eigenvalue weighted by Gasteiger charge is 2.14. The van der Waals surface area contributed by atoms with Gasteiger partial charge in [0.2, 0.25) is 0 Å². The SMILES string of the molecule is CC(C)C(CCCl)Nc1ncncc1Br. The van der Waals surface area contributed by atoms with Crippen LogP contribution >= 0.6 is 27.5 Å². The van der Waals surface area contributed by atoms with Crippen LogP contribution in [0.3, 0.4) is 0 Å². The summed E-state index contributed by atoms with van der Waals surface area (Å²) >= 11 is 9.17. The molecule has 0 spiro atoms. The van der Waals surface area contributed by atoms with E-state index in [4.69, 9.17) is 11.6 Å². The minimum Gasteiger partial charge on any atom is -0.366 e. The van der Waals surface area contributed by atoms with E-state index in [-0.39, 0.29) is 0 Å². The van der Waals surface area contributed by atoms with Gasteiger partial charge in [0.25, 0.3) is 0 Å². The molecule has 0 bridgehead atoms. The van der Waals surface area contributed by atoms with Crippen LogP contribution in [-0.4, -0.2) is 21.9 Å². The lowest BCUT2D eigenvalue weighted by atomic mass is 10.0. The Labute approximate surface area is 104 Å². The standard InChI is InChI=1S/C10H15BrClN3/c1-7(2)9(3-4-12)15-10-8(11)5-13-6-14-10/h5-7,9H,3-4H2,1-2H3,(H,13,14,15). The van der Waals surface area contributed by atoms with Crippen LogP contribution in [0.1, 0.15) is 20.3 Å². The van der Waals surface area contributed by atoms with Gasteiger partial charge in [-0.05, 0) is 28.3 Å². The Bertz CT molecular complexity index is 306. The van der Waals surface area contributed by atoms with Gasteiger partial charge in [-0.3, -0.25) is 0 Å². The average molecular weight is 293 g/mol. The number of nitrogens with zero attached hydrogens (tertiary/aromatic N) is 2. The van der Waals surface area contributed by atoms with Gasteiger partial charge in [0, 0.05) is 18.1 Å². The summed E-state index contributed by atoms with van der Waals surface area (Å²) in [5.41, 5.74) is 0. The molecule has 0 saturated carbocycles. The zero-order valence-electron chi connectivity index (χ0n) is 8.87. The zero-order valence-corrected chi connectivity index (χ0v) is 11.2. The third kappa shape index (κ3) is 3.95. The Balaban J connectivity index is 2.69. The van der Waals surface area contributed by atoms with Crippen molar-refractivity contribution in [3.05, 3.63) is 17.0 Å². The average Bonchev–Trinajstić information content (AvgIpc) is 2.20. The van der Waals surface area contributed by atoms with E-state index < -0.39 is 0 Å². The van der Waals surface area contributed by atoms with Crippen LogP contribution in [0.4, 0.5) is 5.82 Å². The van der Waals surface area contributed by atoms with Crippen LogP contribution in [0.25, 0.3) is 0 Å². The van der Waals surface area contributed by atoms with Crippen LogP contribution < -0.4 is 5.32 Å². The monoisotopic (exact) mass is 291 g/mol. The van der Waals surface area contributed by atoms with E-state index in [1.807, 2.05) is 0 Å². The van der Waals surface area contributed by atoms with Crippen molar-refractivity contribution in [2.45, 2.75) is 26.3 Å². The fraction of sp³-hybridized carbons (Fsp3) is 0.600. The second-order valence-corrected chi connectivity index (χ2v) is 4.92. The molecule has 5 heteroatoms.